The first-order valence-corrected chi connectivity index (χ1v) is 17.5. The van der Waals surface area contributed by atoms with Crippen LogP contribution in [-0.4, -0.2) is 96.1 Å². The summed E-state index contributed by atoms with van der Waals surface area (Å²) in [6, 6.07) is 9.39. The number of urea groups is 1. The number of carboxylic acids is 1. The van der Waals surface area contributed by atoms with Gasteiger partial charge in [-0.1, -0.05) is 23.9 Å². The Morgan fingerprint density at radius 2 is 1.85 bits per heavy atom. The Labute approximate surface area is 303 Å². The quantitative estimate of drug-likeness (QED) is 0.0812. The normalized spacial score (nSPS) is 17.1. The summed E-state index contributed by atoms with van der Waals surface area (Å²) in [4.78, 5) is 75.0. The van der Waals surface area contributed by atoms with Crippen molar-refractivity contribution in [3.05, 3.63) is 87.8 Å². The number of benzene rings is 2. The van der Waals surface area contributed by atoms with Crippen LogP contribution in [0.1, 0.15) is 17.5 Å². The van der Waals surface area contributed by atoms with Crippen molar-refractivity contribution in [1.82, 2.24) is 35.7 Å². The average Bonchev–Trinajstić information content (AvgIpc) is 3.54. The summed E-state index contributed by atoms with van der Waals surface area (Å²) < 4.78 is 5.34. The van der Waals surface area contributed by atoms with Gasteiger partial charge in [0.1, 0.15) is 34.6 Å². The number of thioether (sulfide) groups is 2. The monoisotopic (exact) mass is 748 g/mol. The van der Waals surface area contributed by atoms with E-state index in [1.54, 1.807) is 6.92 Å². The molecule has 2 aromatic carbocycles. The number of anilines is 4. The molecular weight excluding hydrogens is 717 g/mol. The maximum Gasteiger partial charge on any atom is 0.352 e. The Morgan fingerprint density at radius 3 is 2.48 bits per heavy atom. The zero-order chi connectivity index (χ0) is 37.1. The molecule has 2 aromatic heterocycles. The number of hydrogen-bond donors (Lipinski definition) is 7. The number of H-pyrrole nitrogens is 1. The highest BCUT2D eigenvalue weighted by molar-refractivity contribution is 8.01. The highest BCUT2D eigenvalue weighted by Crippen LogP contribution is 2.41. The van der Waals surface area contributed by atoms with E-state index < -0.39 is 46.8 Å². The highest BCUT2D eigenvalue weighted by atomic mass is 32.2. The average molecular weight is 749 g/mol. The van der Waals surface area contributed by atoms with Gasteiger partial charge in [-0.2, -0.15) is 0 Å². The molecule has 52 heavy (non-hydrogen) atoms. The number of fused-ring (bicyclic) bond motifs is 1. The van der Waals surface area contributed by atoms with Gasteiger partial charge in [-0.15, -0.1) is 22.0 Å². The van der Waals surface area contributed by atoms with E-state index in [0.29, 0.717) is 17.2 Å². The second-order valence-electron chi connectivity index (χ2n) is 11.7. The molecule has 1 saturated heterocycles. The van der Waals surface area contributed by atoms with Crippen molar-refractivity contribution in [2.24, 2.45) is 0 Å². The summed E-state index contributed by atoms with van der Waals surface area (Å²) in [6.45, 7) is 1.63. The van der Waals surface area contributed by atoms with E-state index in [-0.39, 0.29) is 45.4 Å². The van der Waals surface area contributed by atoms with Crippen molar-refractivity contribution >= 4 is 70.3 Å². The Hall–Kier alpha value is -6.02. The van der Waals surface area contributed by atoms with E-state index in [0.717, 1.165) is 28.5 Å². The van der Waals surface area contributed by atoms with Crippen molar-refractivity contribution < 1.29 is 33.8 Å². The first-order valence-electron chi connectivity index (χ1n) is 15.5. The summed E-state index contributed by atoms with van der Waals surface area (Å²) in [6.07, 6.45) is 1.15. The number of amides is 4. The molecule has 2 aliphatic heterocycles. The van der Waals surface area contributed by atoms with Crippen molar-refractivity contribution in [2.75, 3.05) is 41.1 Å². The van der Waals surface area contributed by atoms with Crippen LogP contribution in [0, 0.1) is 6.92 Å². The Bertz CT molecular complexity index is 2100. The maximum absolute atomic E-state index is 13.7. The Kier molecular flexibility index (Phi) is 10.4. The summed E-state index contributed by atoms with van der Waals surface area (Å²) in [5.74, 6) is -1.90. The molecule has 6 rings (SSSR count). The number of aromatic nitrogens is 4. The van der Waals surface area contributed by atoms with E-state index in [1.807, 2.05) is 43.3 Å². The lowest BCUT2D eigenvalue weighted by molar-refractivity contribution is -0.150. The molecule has 20 heteroatoms. The lowest BCUT2D eigenvalue weighted by atomic mass is 10.0. The summed E-state index contributed by atoms with van der Waals surface area (Å²) in [5, 5.41) is 37.5. The van der Waals surface area contributed by atoms with Gasteiger partial charge < -0.3 is 40.8 Å². The minimum absolute atomic E-state index is 0.0908. The molecule has 4 heterocycles. The van der Waals surface area contributed by atoms with Crippen LogP contribution in [0.2, 0.25) is 0 Å². The molecular formula is C32H32N10O8S2. The molecule has 4 aromatic rings. The fraction of sp³-hybridized carbons (Fsp3) is 0.250. The number of carboxylic acid groups (broad SMARTS) is 1. The predicted octanol–water partition coefficient (Wildman–Crippen LogP) is 2.37. The fourth-order valence-electron chi connectivity index (χ4n) is 5.30. The van der Waals surface area contributed by atoms with Crippen LogP contribution in [0.15, 0.2) is 80.4 Å². The standard InChI is InChI=1S/C32H32N10O8S2/c1-15-39-40-32(50-15)52-14-17-13-51-28-23(27(46)42(28)24(17)29(47)48)36-26(45)22(16-4-10-20(43)11-5-16)37-31(49)35-21-12-33-30(38-25(21)44)34-18-6-8-19(9-7-18)41(2)3/h4-12,22-23,28,43H,13-14H2,1-3H3,(H,36,45)(H,47,48)(H2,35,37,49)(H2,33,34,38,44)/t22-,23?,28-/m1/s1. The summed E-state index contributed by atoms with van der Waals surface area (Å²) >= 11 is 2.41. The van der Waals surface area contributed by atoms with Crippen LogP contribution in [0.25, 0.3) is 0 Å². The number of hydrogen-bond acceptors (Lipinski definition) is 14. The number of aliphatic carboxylic acids is 1. The van der Waals surface area contributed by atoms with E-state index in [9.17, 15) is 34.2 Å². The van der Waals surface area contributed by atoms with Crippen molar-refractivity contribution in [3.8, 4) is 5.75 Å². The van der Waals surface area contributed by atoms with Crippen LogP contribution in [-0.2, 0) is 14.4 Å². The zero-order valence-corrected chi connectivity index (χ0v) is 29.4. The number of nitrogens with zero attached hydrogens (tertiary/aromatic N) is 5. The molecule has 0 aliphatic carbocycles. The minimum Gasteiger partial charge on any atom is -0.508 e. The first-order chi connectivity index (χ1) is 24.9. The molecule has 18 nitrogen and oxygen atoms in total. The number of phenolic OH excluding ortho intramolecular Hbond substituents is 1. The zero-order valence-electron chi connectivity index (χ0n) is 27.7. The lowest BCUT2D eigenvalue weighted by Crippen LogP contribution is -2.71. The van der Waals surface area contributed by atoms with Gasteiger partial charge in [-0.05, 0) is 47.5 Å². The largest absolute Gasteiger partial charge is 0.508 e. The van der Waals surface area contributed by atoms with Crippen molar-refractivity contribution in [3.63, 3.8) is 0 Å². The predicted molar refractivity (Wildman–Crippen MR) is 191 cm³/mol. The van der Waals surface area contributed by atoms with E-state index >= 15 is 0 Å². The van der Waals surface area contributed by atoms with Crippen molar-refractivity contribution in [2.45, 2.75) is 29.6 Å². The third kappa shape index (κ3) is 7.81. The number of carbonyl (C=O) groups is 4. The molecule has 3 atom stereocenters. The maximum atomic E-state index is 13.7. The Morgan fingerprint density at radius 1 is 1.12 bits per heavy atom. The highest BCUT2D eigenvalue weighted by Gasteiger charge is 2.54. The Balaban J connectivity index is 1.12. The van der Waals surface area contributed by atoms with Gasteiger partial charge in [0.15, 0.2) is 0 Å². The van der Waals surface area contributed by atoms with Crippen LogP contribution in [0.3, 0.4) is 0 Å². The smallest absolute Gasteiger partial charge is 0.352 e. The van der Waals surface area contributed by atoms with E-state index in [4.69, 9.17) is 4.42 Å². The molecule has 1 unspecified atom stereocenters. The van der Waals surface area contributed by atoms with Gasteiger partial charge >= 0.3 is 12.0 Å². The molecule has 1 fully saturated rings. The second kappa shape index (κ2) is 15.1. The van der Waals surface area contributed by atoms with Crippen LogP contribution in [0.5, 0.6) is 5.75 Å². The molecule has 2 aliphatic rings. The van der Waals surface area contributed by atoms with Gasteiger partial charge in [0, 0.05) is 43.9 Å². The van der Waals surface area contributed by atoms with Crippen LogP contribution in [0.4, 0.5) is 27.8 Å². The summed E-state index contributed by atoms with van der Waals surface area (Å²) in [5.41, 5.74) is 1.30. The van der Waals surface area contributed by atoms with Gasteiger partial charge in [0.25, 0.3) is 16.7 Å². The van der Waals surface area contributed by atoms with E-state index in [1.165, 1.54) is 36.0 Å². The molecule has 0 spiro atoms. The number of β-lactam (4-membered cyclic amide) rings is 1. The van der Waals surface area contributed by atoms with Gasteiger partial charge in [-0.25, -0.2) is 14.6 Å². The second-order valence-corrected chi connectivity index (χ2v) is 13.7. The van der Waals surface area contributed by atoms with Crippen LogP contribution >= 0.6 is 23.5 Å². The molecule has 7 N–H and O–H groups in total. The third-order valence-corrected chi connectivity index (χ3v) is 10.1. The lowest BCUT2D eigenvalue weighted by Gasteiger charge is -2.49. The summed E-state index contributed by atoms with van der Waals surface area (Å²) in [7, 11) is 3.82. The SMILES string of the molecule is Cc1nnc(SCC2=C(C(=O)O)N3C(=O)C(NC(=O)[C@H](NC(=O)Nc4cnc(Nc5ccc(N(C)C)cc5)[nH]c4=O)c4ccc(O)cc4)[C@H]3SC2)o1. The number of rotatable bonds is 12. The number of carbonyl (C=O) groups excluding carboxylic acids is 3. The molecule has 0 saturated carbocycles. The van der Waals surface area contributed by atoms with E-state index in [2.05, 4.69) is 41.4 Å². The van der Waals surface area contributed by atoms with Crippen LogP contribution < -0.4 is 31.7 Å². The number of nitrogens with one attached hydrogen (secondary N) is 5. The number of aryl methyl sites for hydroxylation is 1. The van der Waals surface area contributed by atoms with Gasteiger partial charge in [0.05, 0.1) is 6.20 Å². The number of aromatic amines is 1. The molecule has 0 bridgehead atoms. The number of phenols is 1. The molecule has 0 radical (unpaired) electrons. The third-order valence-electron chi connectivity index (χ3n) is 7.88. The first kappa shape index (κ1) is 35.8. The van der Waals surface area contributed by atoms with Crippen molar-refractivity contribution in [1.29, 1.82) is 0 Å². The molecule has 270 valence electrons. The fourth-order valence-corrected chi connectivity index (χ4v) is 7.59. The van der Waals surface area contributed by atoms with Gasteiger partial charge in [-0.3, -0.25) is 24.3 Å². The minimum atomic E-state index is -1.39. The van der Waals surface area contributed by atoms with Gasteiger partial charge in [0.2, 0.25) is 17.7 Å². The number of aromatic hydroxyl groups is 1. The molecule has 4 amide bonds. The topological polar surface area (TPSA) is 248 Å².